The van der Waals surface area contributed by atoms with E-state index >= 15 is 0 Å². The smallest absolute Gasteiger partial charge is 0.374 e. The molecule has 23 heavy (non-hydrogen) atoms. The Kier molecular flexibility index (Phi) is 16.6. The zero-order valence-electron chi connectivity index (χ0n) is 15.9. The number of rotatable bonds is 18. The Labute approximate surface area is 146 Å². The van der Waals surface area contributed by atoms with Crippen molar-refractivity contribution in [2.75, 3.05) is 20.3 Å². The highest BCUT2D eigenvalue weighted by atomic mass is 28.4. The predicted molar refractivity (Wildman–Crippen MR) is 102 cm³/mol. The van der Waals surface area contributed by atoms with Crippen molar-refractivity contribution in [1.82, 2.24) is 0 Å². The Morgan fingerprint density at radius 3 is 1.43 bits per heavy atom. The van der Waals surface area contributed by atoms with Gasteiger partial charge in [0, 0.05) is 20.3 Å². The molecule has 0 aromatic heterocycles. The van der Waals surface area contributed by atoms with Crippen LogP contribution in [0.3, 0.4) is 0 Å². The van der Waals surface area contributed by atoms with Gasteiger partial charge in [-0.25, -0.2) is 0 Å². The maximum Gasteiger partial charge on any atom is 0.528 e. The molecule has 0 heterocycles. The normalized spacial score (nSPS) is 11.8. The summed E-state index contributed by atoms with van der Waals surface area (Å²) < 4.78 is 17.5. The van der Waals surface area contributed by atoms with Gasteiger partial charge in [-0.3, -0.25) is 0 Å². The summed E-state index contributed by atoms with van der Waals surface area (Å²) in [5, 5.41) is 0. The Bertz CT molecular complexity index is 241. The third-order valence-electron chi connectivity index (χ3n) is 4.14. The molecule has 0 rings (SSSR count). The molecule has 0 aromatic rings. The maximum atomic E-state index is 5.96. The van der Waals surface area contributed by atoms with Crippen molar-refractivity contribution in [3.63, 3.8) is 0 Å². The van der Waals surface area contributed by atoms with Gasteiger partial charge in [-0.05, 0) is 18.5 Å². The van der Waals surface area contributed by atoms with E-state index in [1.165, 1.54) is 64.2 Å². The van der Waals surface area contributed by atoms with Gasteiger partial charge in [0.2, 0.25) is 0 Å². The van der Waals surface area contributed by atoms with E-state index in [4.69, 9.17) is 13.3 Å². The molecule has 0 atom stereocenters. The molecule has 0 aromatic carbocycles. The predicted octanol–water partition coefficient (Wildman–Crippen LogP) is 6.05. The van der Waals surface area contributed by atoms with Crippen molar-refractivity contribution in [3.05, 3.63) is 12.3 Å². The summed E-state index contributed by atoms with van der Waals surface area (Å²) in [5.74, 6) is 0. The van der Waals surface area contributed by atoms with Crippen molar-refractivity contribution < 1.29 is 13.3 Å². The van der Waals surface area contributed by atoms with E-state index in [0.717, 1.165) is 12.8 Å². The van der Waals surface area contributed by atoms with E-state index < -0.39 is 8.80 Å². The molecule has 0 fully saturated rings. The van der Waals surface area contributed by atoms with E-state index in [1.807, 2.05) is 0 Å². The first-order valence-electron chi connectivity index (χ1n) is 9.71. The van der Waals surface area contributed by atoms with Gasteiger partial charge < -0.3 is 13.3 Å². The maximum absolute atomic E-state index is 5.96. The van der Waals surface area contributed by atoms with E-state index in [9.17, 15) is 0 Å². The quantitative estimate of drug-likeness (QED) is 0.224. The second-order valence-corrected chi connectivity index (χ2v) is 8.85. The van der Waals surface area contributed by atoms with Crippen LogP contribution in [0.15, 0.2) is 12.3 Å². The average molecular weight is 345 g/mol. The highest BCUT2D eigenvalue weighted by Crippen LogP contribution is 2.14. The number of hydrogen-bond donors (Lipinski definition) is 0. The molecular formula is C19H40O3Si. The molecule has 0 amide bonds. The molecule has 4 heteroatoms. The standard InChI is InChI=1S/C19H40O3Si/c1-5-8-10-12-14-16-18-21-23(7-3,20-4)22-19-17-15-13-11-9-6-2/h7H,3,5-6,8-19H2,1-2,4H3. The molecule has 0 unspecified atom stereocenters. The van der Waals surface area contributed by atoms with Gasteiger partial charge in [0.05, 0.1) is 0 Å². The number of unbranched alkanes of at least 4 members (excludes halogenated alkanes) is 10. The van der Waals surface area contributed by atoms with Crippen LogP contribution in [-0.2, 0) is 13.3 Å². The second-order valence-electron chi connectivity index (χ2n) is 6.24. The van der Waals surface area contributed by atoms with Crippen LogP contribution in [0, 0.1) is 0 Å². The summed E-state index contributed by atoms with van der Waals surface area (Å²) in [5.41, 5.74) is 1.77. The monoisotopic (exact) mass is 344 g/mol. The van der Waals surface area contributed by atoms with Crippen molar-refractivity contribution in [1.29, 1.82) is 0 Å². The minimum absolute atomic E-state index is 0.717. The van der Waals surface area contributed by atoms with E-state index in [-0.39, 0.29) is 0 Å². The van der Waals surface area contributed by atoms with Crippen LogP contribution in [0.25, 0.3) is 0 Å². The van der Waals surface area contributed by atoms with Crippen molar-refractivity contribution in [2.45, 2.75) is 90.9 Å². The summed E-state index contributed by atoms with van der Waals surface area (Å²) in [6.07, 6.45) is 15.1. The zero-order valence-corrected chi connectivity index (χ0v) is 16.9. The number of hydrogen-bond acceptors (Lipinski definition) is 3. The van der Waals surface area contributed by atoms with Gasteiger partial charge in [-0.15, -0.1) is 0 Å². The summed E-state index contributed by atoms with van der Waals surface area (Å²) in [6, 6.07) is 0. The Hall–Kier alpha value is -0.163. The molecule has 0 aliphatic heterocycles. The van der Waals surface area contributed by atoms with E-state index in [2.05, 4.69) is 20.4 Å². The lowest BCUT2D eigenvalue weighted by molar-refractivity contribution is 0.0869. The molecular weight excluding hydrogens is 304 g/mol. The lowest BCUT2D eigenvalue weighted by Crippen LogP contribution is -2.43. The van der Waals surface area contributed by atoms with Crippen LogP contribution < -0.4 is 0 Å². The van der Waals surface area contributed by atoms with Crippen molar-refractivity contribution in [3.8, 4) is 0 Å². The second kappa shape index (κ2) is 16.7. The van der Waals surface area contributed by atoms with Gasteiger partial charge in [-0.1, -0.05) is 84.6 Å². The van der Waals surface area contributed by atoms with Gasteiger partial charge in [0.1, 0.15) is 0 Å². The lowest BCUT2D eigenvalue weighted by atomic mass is 10.1. The van der Waals surface area contributed by atoms with Gasteiger partial charge in [0.25, 0.3) is 0 Å². The van der Waals surface area contributed by atoms with Crippen LogP contribution in [0.2, 0.25) is 0 Å². The van der Waals surface area contributed by atoms with Gasteiger partial charge >= 0.3 is 8.80 Å². The minimum Gasteiger partial charge on any atom is -0.374 e. The highest BCUT2D eigenvalue weighted by molar-refractivity contribution is 6.66. The van der Waals surface area contributed by atoms with Crippen molar-refractivity contribution >= 4 is 8.80 Å². The fourth-order valence-electron chi connectivity index (χ4n) is 2.55. The first-order chi connectivity index (χ1) is 11.2. The topological polar surface area (TPSA) is 27.7 Å². The Balaban J connectivity index is 3.76. The molecule has 0 bridgehead atoms. The van der Waals surface area contributed by atoms with Gasteiger partial charge in [0.15, 0.2) is 0 Å². The molecule has 0 saturated heterocycles. The van der Waals surface area contributed by atoms with E-state index in [0.29, 0.717) is 13.2 Å². The SMILES string of the molecule is C=C[Si](OC)(OCCCCCCCC)OCCCCCCCC. The fourth-order valence-corrected chi connectivity index (χ4v) is 4.13. The van der Waals surface area contributed by atoms with Crippen LogP contribution in [0.1, 0.15) is 90.9 Å². The van der Waals surface area contributed by atoms with Gasteiger partial charge in [-0.2, -0.15) is 0 Å². The first-order valence-corrected chi connectivity index (χ1v) is 11.5. The highest BCUT2D eigenvalue weighted by Gasteiger charge is 2.36. The third-order valence-corrected chi connectivity index (χ3v) is 6.42. The van der Waals surface area contributed by atoms with Crippen LogP contribution in [-0.4, -0.2) is 29.1 Å². The fraction of sp³-hybridized carbons (Fsp3) is 0.895. The molecule has 138 valence electrons. The molecule has 0 aliphatic carbocycles. The molecule has 0 saturated carbocycles. The molecule has 0 radical (unpaired) electrons. The average Bonchev–Trinajstić information content (AvgIpc) is 2.58. The summed E-state index contributed by atoms with van der Waals surface area (Å²) >= 11 is 0. The largest absolute Gasteiger partial charge is 0.528 e. The zero-order chi connectivity index (χ0) is 17.2. The van der Waals surface area contributed by atoms with Crippen molar-refractivity contribution in [2.24, 2.45) is 0 Å². The Morgan fingerprint density at radius 2 is 1.09 bits per heavy atom. The third kappa shape index (κ3) is 12.9. The molecule has 0 aliphatic rings. The van der Waals surface area contributed by atoms with E-state index in [1.54, 1.807) is 12.8 Å². The Morgan fingerprint density at radius 1 is 0.696 bits per heavy atom. The minimum atomic E-state index is -2.63. The summed E-state index contributed by atoms with van der Waals surface area (Å²) in [4.78, 5) is 0. The molecule has 0 N–H and O–H groups in total. The molecule has 0 spiro atoms. The summed E-state index contributed by atoms with van der Waals surface area (Å²) in [7, 11) is -0.953. The van der Waals surface area contributed by atoms with Crippen LogP contribution >= 0.6 is 0 Å². The van der Waals surface area contributed by atoms with Crippen LogP contribution in [0.4, 0.5) is 0 Å². The lowest BCUT2D eigenvalue weighted by Gasteiger charge is -2.25. The van der Waals surface area contributed by atoms with Crippen LogP contribution in [0.5, 0.6) is 0 Å². The summed E-state index contributed by atoms with van der Waals surface area (Å²) in [6.45, 7) is 9.79. The molecule has 3 nitrogen and oxygen atoms in total. The first kappa shape index (κ1) is 22.8.